The van der Waals surface area contributed by atoms with Crippen LogP contribution in [0, 0.1) is 11.3 Å². The highest BCUT2D eigenvalue weighted by Gasteiger charge is 2.24. The molecule has 0 amide bonds. The number of hydrogen-bond donors (Lipinski definition) is 0. The first kappa shape index (κ1) is 19.1. The Labute approximate surface area is 165 Å². The molecule has 1 aliphatic rings. The summed E-state index contributed by atoms with van der Waals surface area (Å²) >= 11 is 3.51. The van der Waals surface area contributed by atoms with Crippen molar-refractivity contribution in [3.05, 3.63) is 70.2 Å². The van der Waals surface area contributed by atoms with Crippen molar-refractivity contribution in [2.45, 2.75) is 38.4 Å². The first-order valence-corrected chi connectivity index (χ1v) is 10.2. The van der Waals surface area contributed by atoms with Crippen LogP contribution < -0.4 is 0 Å². The third-order valence-electron chi connectivity index (χ3n) is 5.02. The summed E-state index contributed by atoms with van der Waals surface area (Å²) in [6.45, 7) is 5.00. The van der Waals surface area contributed by atoms with E-state index in [2.05, 4.69) is 86.4 Å². The van der Waals surface area contributed by atoms with Crippen LogP contribution in [-0.4, -0.2) is 35.5 Å². The SMILES string of the molecule is N#CCC(CN(Cc1ccccc1)Cc1ccc(Br)cc1)N1CCCC1. The van der Waals surface area contributed by atoms with Crippen LogP contribution in [0.3, 0.4) is 0 Å². The molecule has 0 aromatic heterocycles. The minimum absolute atomic E-state index is 0.321. The van der Waals surface area contributed by atoms with Crippen molar-refractivity contribution in [2.75, 3.05) is 19.6 Å². The van der Waals surface area contributed by atoms with Gasteiger partial charge in [0.05, 0.1) is 12.5 Å². The molecule has 2 aromatic rings. The van der Waals surface area contributed by atoms with Crippen LogP contribution in [-0.2, 0) is 13.1 Å². The van der Waals surface area contributed by atoms with Gasteiger partial charge in [0.1, 0.15) is 0 Å². The molecule has 1 unspecified atom stereocenters. The number of nitriles is 1. The number of rotatable bonds is 8. The summed E-state index contributed by atoms with van der Waals surface area (Å²) in [4.78, 5) is 4.99. The van der Waals surface area contributed by atoms with Gasteiger partial charge in [-0.3, -0.25) is 9.80 Å². The average molecular weight is 412 g/mol. The molecule has 1 atom stereocenters. The Hall–Kier alpha value is -1.67. The molecule has 4 heteroatoms. The minimum Gasteiger partial charge on any atom is -0.298 e. The van der Waals surface area contributed by atoms with Crippen molar-refractivity contribution >= 4 is 15.9 Å². The Morgan fingerprint density at radius 2 is 1.58 bits per heavy atom. The Kier molecular flexibility index (Phi) is 7.25. The van der Waals surface area contributed by atoms with Crippen molar-refractivity contribution in [2.24, 2.45) is 0 Å². The molecule has 0 N–H and O–H groups in total. The van der Waals surface area contributed by atoms with E-state index < -0.39 is 0 Å². The van der Waals surface area contributed by atoms with E-state index >= 15 is 0 Å². The molecule has 136 valence electrons. The number of nitrogens with zero attached hydrogens (tertiary/aromatic N) is 3. The van der Waals surface area contributed by atoms with Gasteiger partial charge in [-0.2, -0.15) is 5.26 Å². The molecule has 0 bridgehead atoms. The van der Waals surface area contributed by atoms with Crippen LogP contribution in [0.5, 0.6) is 0 Å². The summed E-state index contributed by atoms with van der Waals surface area (Å²) in [5.41, 5.74) is 2.63. The second-order valence-electron chi connectivity index (χ2n) is 7.04. The number of hydrogen-bond acceptors (Lipinski definition) is 3. The van der Waals surface area contributed by atoms with Gasteiger partial charge in [-0.05, 0) is 49.2 Å². The summed E-state index contributed by atoms with van der Waals surface area (Å²) < 4.78 is 1.11. The second kappa shape index (κ2) is 9.87. The topological polar surface area (TPSA) is 30.3 Å². The third kappa shape index (κ3) is 5.67. The zero-order valence-electron chi connectivity index (χ0n) is 15.1. The van der Waals surface area contributed by atoms with Crippen LogP contribution in [0.1, 0.15) is 30.4 Å². The second-order valence-corrected chi connectivity index (χ2v) is 7.96. The Bertz CT molecular complexity index is 702. The number of benzene rings is 2. The molecule has 0 aliphatic carbocycles. The Balaban J connectivity index is 1.74. The first-order chi connectivity index (χ1) is 12.7. The van der Waals surface area contributed by atoms with Crippen molar-refractivity contribution in [3.63, 3.8) is 0 Å². The molecule has 26 heavy (non-hydrogen) atoms. The predicted molar refractivity (Wildman–Crippen MR) is 110 cm³/mol. The highest BCUT2D eigenvalue weighted by atomic mass is 79.9. The van der Waals surface area contributed by atoms with Gasteiger partial charge in [-0.1, -0.05) is 58.4 Å². The lowest BCUT2D eigenvalue weighted by atomic mass is 10.1. The van der Waals surface area contributed by atoms with E-state index in [-0.39, 0.29) is 0 Å². The number of likely N-dealkylation sites (tertiary alicyclic amines) is 1. The Morgan fingerprint density at radius 3 is 2.19 bits per heavy atom. The predicted octanol–water partition coefficient (Wildman–Crippen LogP) is 4.83. The molecule has 2 aromatic carbocycles. The summed E-state index contributed by atoms with van der Waals surface area (Å²) in [6, 6.07) is 21.9. The van der Waals surface area contributed by atoms with Crippen molar-refractivity contribution in [1.82, 2.24) is 9.80 Å². The van der Waals surface area contributed by atoms with E-state index in [0.717, 1.165) is 37.2 Å². The molecule has 1 fully saturated rings. The zero-order valence-corrected chi connectivity index (χ0v) is 16.7. The van der Waals surface area contributed by atoms with Gasteiger partial charge in [0.15, 0.2) is 0 Å². The van der Waals surface area contributed by atoms with Gasteiger partial charge in [-0.25, -0.2) is 0 Å². The molecule has 0 radical (unpaired) electrons. The maximum Gasteiger partial charge on any atom is 0.0638 e. The molecule has 0 saturated carbocycles. The largest absolute Gasteiger partial charge is 0.298 e. The summed E-state index contributed by atoms with van der Waals surface area (Å²) in [7, 11) is 0. The normalized spacial score (nSPS) is 15.9. The van der Waals surface area contributed by atoms with Gasteiger partial charge >= 0.3 is 0 Å². The van der Waals surface area contributed by atoms with Crippen LogP contribution in [0.15, 0.2) is 59.1 Å². The number of halogens is 1. The highest BCUT2D eigenvalue weighted by Crippen LogP contribution is 2.19. The zero-order chi connectivity index (χ0) is 18.2. The van der Waals surface area contributed by atoms with E-state index in [1.165, 1.54) is 24.0 Å². The first-order valence-electron chi connectivity index (χ1n) is 9.36. The third-order valence-corrected chi connectivity index (χ3v) is 5.55. The van der Waals surface area contributed by atoms with Crippen LogP contribution in [0.25, 0.3) is 0 Å². The van der Waals surface area contributed by atoms with E-state index in [4.69, 9.17) is 0 Å². The quantitative estimate of drug-likeness (QED) is 0.622. The minimum atomic E-state index is 0.321. The lowest BCUT2D eigenvalue weighted by molar-refractivity contribution is 0.152. The highest BCUT2D eigenvalue weighted by molar-refractivity contribution is 9.10. The van der Waals surface area contributed by atoms with Crippen molar-refractivity contribution in [3.8, 4) is 6.07 Å². The standard InChI is InChI=1S/C22H26BrN3/c23-21-10-8-20(9-11-21)17-25(16-19-6-2-1-3-7-19)18-22(12-13-24)26-14-4-5-15-26/h1-3,6-11,22H,4-5,12,14-18H2. The molecule has 1 aliphatic heterocycles. The fourth-order valence-corrected chi connectivity index (χ4v) is 3.96. The Morgan fingerprint density at radius 1 is 0.962 bits per heavy atom. The van der Waals surface area contributed by atoms with Gasteiger partial charge in [0.25, 0.3) is 0 Å². The van der Waals surface area contributed by atoms with Gasteiger partial charge in [-0.15, -0.1) is 0 Å². The molecule has 1 saturated heterocycles. The molecular weight excluding hydrogens is 386 g/mol. The van der Waals surface area contributed by atoms with Gasteiger partial charge < -0.3 is 0 Å². The van der Waals surface area contributed by atoms with Crippen LogP contribution in [0.2, 0.25) is 0 Å². The van der Waals surface area contributed by atoms with E-state index in [1.807, 2.05) is 0 Å². The molecular formula is C22H26BrN3. The molecule has 3 nitrogen and oxygen atoms in total. The van der Waals surface area contributed by atoms with Crippen molar-refractivity contribution < 1.29 is 0 Å². The fourth-order valence-electron chi connectivity index (χ4n) is 3.69. The molecule has 1 heterocycles. The lowest BCUT2D eigenvalue weighted by Crippen LogP contribution is -2.42. The summed E-state index contributed by atoms with van der Waals surface area (Å²) in [6.07, 6.45) is 3.12. The molecule has 3 rings (SSSR count). The average Bonchev–Trinajstić information content (AvgIpc) is 3.19. The lowest BCUT2D eigenvalue weighted by Gasteiger charge is -2.32. The molecule has 0 spiro atoms. The maximum absolute atomic E-state index is 9.32. The van der Waals surface area contributed by atoms with Gasteiger partial charge in [0, 0.05) is 30.1 Å². The van der Waals surface area contributed by atoms with Crippen LogP contribution >= 0.6 is 15.9 Å². The monoisotopic (exact) mass is 411 g/mol. The smallest absolute Gasteiger partial charge is 0.0638 e. The van der Waals surface area contributed by atoms with Gasteiger partial charge in [0.2, 0.25) is 0 Å². The van der Waals surface area contributed by atoms with E-state index in [1.54, 1.807) is 0 Å². The maximum atomic E-state index is 9.32. The van der Waals surface area contributed by atoms with E-state index in [0.29, 0.717) is 12.5 Å². The fraction of sp³-hybridized carbons (Fsp3) is 0.409. The van der Waals surface area contributed by atoms with Crippen LogP contribution in [0.4, 0.5) is 0 Å². The summed E-state index contributed by atoms with van der Waals surface area (Å²) in [5.74, 6) is 0. The summed E-state index contributed by atoms with van der Waals surface area (Å²) in [5, 5.41) is 9.32. The van der Waals surface area contributed by atoms with Crippen molar-refractivity contribution in [1.29, 1.82) is 5.26 Å². The van der Waals surface area contributed by atoms with E-state index in [9.17, 15) is 5.26 Å².